The molecule has 118 valence electrons. The van der Waals surface area contributed by atoms with Crippen molar-refractivity contribution in [1.29, 1.82) is 0 Å². The van der Waals surface area contributed by atoms with Gasteiger partial charge in [-0.3, -0.25) is 9.59 Å². The molecule has 8 heteroatoms. The van der Waals surface area contributed by atoms with Gasteiger partial charge in [0.1, 0.15) is 24.2 Å². The van der Waals surface area contributed by atoms with Crippen LogP contribution in [0, 0.1) is 0 Å². The van der Waals surface area contributed by atoms with Crippen molar-refractivity contribution in [3.05, 3.63) is 23.7 Å². The second-order valence-corrected chi connectivity index (χ2v) is 4.91. The third-order valence-corrected chi connectivity index (χ3v) is 3.59. The van der Waals surface area contributed by atoms with Crippen molar-refractivity contribution < 1.29 is 19.8 Å². The second kappa shape index (κ2) is 6.42. The van der Waals surface area contributed by atoms with E-state index in [4.69, 9.17) is 5.11 Å². The molecule has 0 aliphatic heterocycles. The van der Waals surface area contributed by atoms with Crippen molar-refractivity contribution in [2.75, 3.05) is 6.54 Å². The maximum atomic E-state index is 12.1. The van der Waals surface area contributed by atoms with Crippen LogP contribution in [0.25, 0.3) is 5.65 Å². The number of carbonyl (C=O) groups is 2. The van der Waals surface area contributed by atoms with Crippen LogP contribution in [0.2, 0.25) is 0 Å². The SMILES string of the molecule is CCC(CC)c1cc(O)c(C(=O)NCC(=O)O)c2ncnn12. The number of hydrogen-bond acceptors (Lipinski definition) is 5. The molecular formula is C14H18N4O4. The summed E-state index contributed by atoms with van der Waals surface area (Å²) < 4.78 is 1.52. The highest BCUT2D eigenvalue weighted by Crippen LogP contribution is 2.30. The Hall–Kier alpha value is -2.64. The zero-order valence-corrected chi connectivity index (χ0v) is 12.4. The number of fused-ring (bicyclic) bond motifs is 1. The molecule has 0 atom stereocenters. The number of nitrogens with zero attached hydrogens (tertiary/aromatic N) is 3. The molecule has 0 saturated heterocycles. The number of aromatic nitrogens is 3. The summed E-state index contributed by atoms with van der Waals surface area (Å²) in [6.45, 7) is 3.52. The minimum Gasteiger partial charge on any atom is -0.507 e. The van der Waals surface area contributed by atoms with Crippen LogP contribution >= 0.6 is 0 Å². The summed E-state index contributed by atoms with van der Waals surface area (Å²) in [7, 11) is 0. The molecule has 3 N–H and O–H groups in total. The Labute approximate surface area is 126 Å². The lowest BCUT2D eigenvalue weighted by molar-refractivity contribution is -0.135. The Morgan fingerprint density at radius 2 is 2.05 bits per heavy atom. The van der Waals surface area contributed by atoms with E-state index >= 15 is 0 Å². The number of carbonyl (C=O) groups excluding carboxylic acids is 1. The number of aromatic hydroxyl groups is 1. The fourth-order valence-electron chi connectivity index (χ4n) is 2.45. The van der Waals surface area contributed by atoms with Crippen LogP contribution in [-0.4, -0.2) is 43.2 Å². The Bertz CT molecular complexity index is 706. The summed E-state index contributed by atoms with van der Waals surface area (Å²) in [5.41, 5.74) is 0.906. The summed E-state index contributed by atoms with van der Waals surface area (Å²) in [4.78, 5) is 26.7. The molecule has 2 heterocycles. The molecule has 2 aromatic rings. The minimum atomic E-state index is -1.17. The lowest BCUT2D eigenvalue weighted by atomic mass is 9.97. The zero-order chi connectivity index (χ0) is 16.3. The third-order valence-electron chi connectivity index (χ3n) is 3.59. The average Bonchev–Trinajstić information content (AvgIpc) is 2.95. The van der Waals surface area contributed by atoms with Gasteiger partial charge in [-0.1, -0.05) is 13.8 Å². The molecule has 22 heavy (non-hydrogen) atoms. The van der Waals surface area contributed by atoms with E-state index in [0.29, 0.717) is 0 Å². The van der Waals surface area contributed by atoms with Gasteiger partial charge in [-0.15, -0.1) is 0 Å². The Kier molecular flexibility index (Phi) is 4.59. The molecule has 8 nitrogen and oxygen atoms in total. The Morgan fingerprint density at radius 3 is 2.64 bits per heavy atom. The van der Waals surface area contributed by atoms with Gasteiger partial charge in [0.25, 0.3) is 5.91 Å². The standard InChI is InChI=1S/C14H18N4O4/c1-3-8(4-2)9-5-10(19)12(13-16-7-17-18(9)13)14(22)15-6-11(20)21/h5,7-8,19H,3-4,6H2,1-2H3,(H,15,22)(H,20,21). The number of hydrogen-bond donors (Lipinski definition) is 3. The summed E-state index contributed by atoms with van der Waals surface area (Å²) >= 11 is 0. The van der Waals surface area contributed by atoms with Crippen molar-refractivity contribution in [3.63, 3.8) is 0 Å². The Morgan fingerprint density at radius 1 is 1.36 bits per heavy atom. The molecular weight excluding hydrogens is 288 g/mol. The summed E-state index contributed by atoms with van der Waals surface area (Å²) in [5, 5.41) is 25.1. The van der Waals surface area contributed by atoms with Gasteiger partial charge in [0.2, 0.25) is 0 Å². The molecule has 0 aliphatic rings. The minimum absolute atomic E-state index is 0.0755. The predicted octanol–water partition coefficient (Wildman–Crippen LogP) is 1.15. The molecule has 2 aromatic heterocycles. The van der Waals surface area contributed by atoms with Gasteiger partial charge in [-0.2, -0.15) is 5.10 Å². The number of nitrogens with one attached hydrogen (secondary N) is 1. The van der Waals surface area contributed by atoms with Crippen molar-refractivity contribution in [3.8, 4) is 5.75 Å². The van der Waals surface area contributed by atoms with Crippen LogP contribution in [0.3, 0.4) is 0 Å². The lowest BCUT2D eigenvalue weighted by Crippen LogP contribution is -2.30. The highest BCUT2D eigenvalue weighted by molar-refractivity contribution is 6.03. The van der Waals surface area contributed by atoms with E-state index in [1.165, 1.54) is 16.9 Å². The molecule has 0 saturated carbocycles. The van der Waals surface area contributed by atoms with Crippen molar-refractivity contribution in [1.82, 2.24) is 19.9 Å². The van der Waals surface area contributed by atoms with Gasteiger partial charge in [-0.05, 0) is 12.8 Å². The fourth-order valence-corrected chi connectivity index (χ4v) is 2.45. The number of pyridine rings is 1. The maximum Gasteiger partial charge on any atom is 0.322 e. The fraction of sp³-hybridized carbons (Fsp3) is 0.429. The second-order valence-electron chi connectivity index (χ2n) is 4.91. The van der Waals surface area contributed by atoms with E-state index in [-0.39, 0.29) is 22.9 Å². The summed E-state index contributed by atoms with van der Waals surface area (Å²) in [6, 6.07) is 1.50. The van der Waals surface area contributed by atoms with Crippen LogP contribution in [0.15, 0.2) is 12.4 Å². The molecule has 1 amide bonds. The van der Waals surface area contributed by atoms with Crippen molar-refractivity contribution >= 4 is 17.5 Å². The molecule has 0 aromatic carbocycles. The van der Waals surface area contributed by atoms with Crippen molar-refractivity contribution in [2.45, 2.75) is 32.6 Å². The van der Waals surface area contributed by atoms with Crippen LogP contribution in [-0.2, 0) is 4.79 Å². The Balaban J connectivity index is 2.51. The summed E-state index contributed by atoms with van der Waals surface area (Å²) in [6.07, 6.45) is 3.01. The smallest absolute Gasteiger partial charge is 0.322 e. The topological polar surface area (TPSA) is 117 Å². The number of aliphatic carboxylic acids is 1. The summed E-state index contributed by atoms with van der Waals surface area (Å²) in [5.74, 6) is -1.93. The molecule has 0 bridgehead atoms. The number of amides is 1. The van der Waals surface area contributed by atoms with Gasteiger partial charge in [0.15, 0.2) is 5.65 Å². The first-order valence-corrected chi connectivity index (χ1v) is 7.05. The largest absolute Gasteiger partial charge is 0.507 e. The van der Waals surface area contributed by atoms with Crippen LogP contribution in [0.4, 0.5) is 0 Å². The van der Waals surface area contributed by atoms with E-state index in [9.17, 15) is 14.7 Å². The van der Waals surface area contributed by atoms with Gasteiger partial charge in [-0.25, -0.2) is 9.50 Å². The molecule has 0 spiro atoms. The maximum absolute atomic E-state index is 12.1. The first-order valence-electron chi connectivity index (χ1n) is 7.05. The average molecular weight is 306 g/mol. The van der Waals surface area contributed by atoms with E-state index in [2.05, 4.69) is 15.4 Å². The first kappa shape index (κ1) is 15.7. The molecule has 0 fully saturated rings. The van der Waals surface area contributed by atoms with Crippen LogP contribution < -0.4 is 5.32 Å². The predicted molar refractivity (Wildman–Crippen MR) is 77.9 cm³/mol. The molecule has 0 aliphatic carbocycles. The highest BCUT2D eigenvalue weighted by Gasteiger charge is 2.23. The van der Waals surface area contributed by atoms with Gasteiger partial charge in [0.05, 0.1) is 5.69 Å². The number of carboxylic acid groups (broad SMARTS) is 1. The third kappa shape index (κ3) is 2.85. The normalized spacial score (nSPS) is 11.0. The van der Waals surface area contributed by atoms with Crippen molar-refractivity contribution in [2.24, 2.45) is 0 Å². The van der Waals surface area contributed by atoms with Crippen LogP contribution in [0.5, 0.6) is 5.75 Å². The molecule has 0 radical (unpaired) electrons. The van der Waals surface area contributed by atoms with Gasteiger partial charge in [0, 0.05) is 12.0 Å². The van der Waals surface area contributed by atoms with Crippen LogP contribution in [0.1, 0.15) is 48.7 Å². The number of rotatable bonds is 6. The van der Waals surface area contributed by atoms with Gasteiger partial charge < -0.3 is 15.5 Å². The first-order chi connectivity index (χ1) is 10.5. The highest BCUT2D eigenvalue weighted by atomic mass is 16.4. The van der Waals surface area contributed by atoms with E-state index in [1.54, 1.807) is 0 Å². The zero-order valence-electron chi connectivity index (χ0n) is 12.4. The van der Waals surface area contributed by atoms with E-state index in [1.807, 2.05) is 13.8 Å². The quantitative estimate of drug-likeness (QED) is 0.737. The lowest BCUT2D eigenvalue weighted by Gasteiger charge is -2.16. The molecule has 0 unspecified atom stereocenters. The molecule has 2 rings (SSSR count). The van der Waals surface area contributed by atoms with E-state index in [0.717, 1.165) is 18.5 Å². The van der Waals surface area contributed by atoms with E-state index < -0.39 is 18.4 Å². The van der Waals surface area contributed by atoms with Gasteiger partial charge >= 0.3 is 5.97 Å². The monoisotopic (exact) mass is 306 g/mol. The number of carboxylic acids is 1.